The zero-order chi connectivity index (χ0) is 32.7. The molecule has 45 heavy (non-hydrogen) atoms. The molecule has 5 aromatic rings. The molecule has 0 atom stereocenters. The summed E-state index contributed by atoms with van der Waals surface area (Å²) in [6, 6.07) is 9.04. The van der Waals surface area contributed by atoms with Gasteiger partial charge in [0.25, 0.3) is 0 Å². The fourth-order valence-corrected chi connectivity index (χ4v) is 4.29. The first-order valence-electron chi connectivity index (χ1n) is 12.4. The number of phenols is 12. The summed E-state index contributed by atoms with van der Waals surface area (Å²) in [5.74, 6) is -11.2. The second-order valence-corrected chi connectivity index (χ2v) is 9.40. The lowest BCUT2D eigenvalue weighted by atomic mass is 10.00. The fourth-order valence-electron chi connectivity index (χ4n) is 4.29. The van der Waals surface area contributed by atoms with E-state index in [9.17, 15) is 61.3 Å². The van der Waals surface area contributed by atoms with Crippen molar-refractivity contribution in [1.29, 1.82) is 0 Å². The Morgan fingerprint density at radius 3 is 1.33 bits per heavy atom. The molecule has 5 rings (SSSR count). The third-order valence-corrected chi connectivity index (χ3v) is 6.12. The molecular weight excluding hydrogens is 600 g/mol. The van der Waals surface area contributed by atoms with E-state index in [1.165, 1.54) is 0 Å². The van der Waals surface area contributed by atoms with Crippen LogP contribution in [0.15, 0.2) is 60.7 Å². The number of benzene rings is 5. The number of aromatic hydroxyl groups is 12. The van der Waals surface area contributed by atoms with Gasteiger partial charge in [-0.1, -0.05) is 0 Å². The molecule has 0 saturated carbocycles. The normalized spacial score (nSPS) is 10.8. The van der Waals surface area contributed by atoms with Crippen LogP contribution in [0.4, 0.5) is 0 Å². The van der Waals surface area contributed by atoms with Crippen molar-refractivity contribution in [3.05, 3.63) is 60.7 Å². The van der Waals surface area contributed by atoms with E-state index in [1.807, 2.05) is 0 Å². The van der Waals surface area contributed by atoms with Crippen LogP contribution in [0, 0.1) is 0 Å². The van der Waals surface area contributed by atoms with E-state index in [-0.39, 0.29) is 17.2 Å². The molecule has 15 nitrogen and oxygen atoms in total. The number of hydrogen-bond acceptors (Lipinski definition) is 15. The van der Waals surface area contributed by atoms with Crippen LogP contribution in [-0.4, -0.2) is 61.3 Å². The number of ether oxygens (including phenoxy) is 3. The summed E-state index contributed by atoms with van der Waals surface area (Å²) in [6.07, 6.45) is 0. The number of hydrogen-bond donors (Lipinski definition) is 12. The summed E-state index contributed by atoms with van der Waals surface area (Å²) in [5, 5.41) is 123. The molecule has 0 aliphatic carbocycles. The van der Waals surface area contributed by atoms with E-state index < -0.39 is 97.4 Å². The van der Waals surface area contributed by atoms with E-state index in [4.69, 9.17) is 14.2 Å². The second kappa shape index (κ2) is 11.1. The average Bonchev–Trinajstić information content (AvgIpc) is 2.91. The highest BCUT2D eigenvalue weighted by Gasteiger charge is 2.27. The Morgan fingerprint density at radius 2 is 0.733 bits per heavy atom. The van der Waals surface area contributed by atoms with Gasteiger partial charge >= 0.3 is 0 Å². The van der Waals surface area contributed by atoms with Crippen molar-refractivity contribution < 1.29 is 75.5 Å². The van der Waals surface area contributed by atoms with E-state index in [2.05, 4.69) is 0 Å². The number of phenolic OH excluding ortho intramolecular Hbond substituents is 12. The Hall–Kier alpha value is -6.90. The molecule has 12 N–H and O–H groups in total. The molecule has 232 valence electrons. The molecule has 0 saturated heterocycles. The van der Waals surface area contributed by atoms with Gasteiger partial charge in [-0.25, -0.2) is 0 Å². The minimum atomic E-state index is -1.00. The Morgan fingerprint density at radius 1 is 0.311 bits per heavy atom. The van der Waals surface area contributed by atoms with Gasteiger partial charge in [0.1, 0.15) is 51.7 Å². The monoisotopic (exact) mass is 622 g/mol. The van der Waals surface area contributed by atoms with Crippen LogP contribution in [-0.2, 0) is 0 Å². The van der Waals surface area contributed by atoms with Crippen molar-refractivity contribution in [2.24, 2.45) is 0 Å². The predicted octanol–water partition coefficient (Wildman–Crippen LogP) is 5.20. The van der Waals surface area contributed by atoms with Crippen molar-refractivity contribution >= 4 is 0 Å². The second-order valence-electron chi connectivity index (χ2n) is 9.40. The molecular formula is C30H22O15. The van der Waals surface area contributed by atoms with Crippen LogP contribution in [0.5, 0.6) is 103 Å². The molecule has 0 aliphatic rings. The van der Waals surface area contributed by atoms with Crippen LogP contribution in [0.2, 0.25) is 0 Å². The van der Waals surface area contributed by atoms with Gasteiger partial charge in [0.2, 0.25) is 17.2 Å². The molecule has 0 aliphatic heterocycles. The molecule has 0 aromatic heterocycles. The fraction of sp³-hybridized carbons (Fsp3) is 0. The maximum atomic E-state index is 10.8. The molecule has 0 unspecified atom stereocenters. The van der Waals surface area contributed by atoms with Crippen LogP contribution in [0.3, 0.4) is 0 Å². The SMILES string of the molecule is Oc1cc(O)cc(Oc2c(O)cc(O)cc2Oc2c(O)cc(Oc3c(O)cc(O)c(-c4c(O)cc(O)cc4O)c3O)cc2O)c1. The quantitative estimate of drug-likeness (QED) is 0.111. The molecule has 0 heterocycles. The summed E-state index contributed by atoms with van der Waals surface area (Å²) >= 11 is 0. The minimum absolute atomic E-state index is 0.169. The molecule has 0 radical (unpaired) electrons. The van der Waals surface area contributed by atoms with Crippen molar-refractivity contribution in [2.75, 3.05) is 0 Å². The van der Waals surface area contributed by atoms with Crippen molar-refractivity contribution in [3.63, 3.8) is 0 Å². The summed E-state index contributed by atoms with van der Waals surface area (Å²) in [4.78, 5) is 0. The molecule has 0 bridgehead atoms. The van der Waals surface area contributed by atoms with Gasteiger partial charge in [-0.3, -0.25) is 0 Å². The smallest absolute Gasteiger partial charge is 0.211 e. The largest absolute Gasteiger partial charge is 0.508 e. The molecule has 0 fully saturated rings. The van der Waals surface area contributed by atoms with Gasteiger partial charge in [0.15, 0.2) is 34.5 Å². The Labute approximate surface area is 251 Å². The highest BCUT2D eigenvalue weighted by molar-refractivity contribution is 5.88. The summed E-state index contributed by atoms with van der Waals surface area (Å²) in [5.41, 5.74) is -1.14. The van der Waals surface area contributed by atoms with Gasteiger partial charge in [-0.15, -0.1) is 0 Å². The number of rotatable bonds is 7. The van der Waals surface area contributed by atoms with Crippen LogP contribution < -0.4 is 14.2 Å². The Bertz CT molecular complexity index is 1900. The van der Waals surface area contributed by atoms with Gasteiger partial charge < -0.3 is 75.5 Å². The summed E-state index contributed by atoms with van der Waals surface area (Å²) in [6.45, 7) is 0. The van der Waals surface area contributed by atoms with E-state index in [0.717, 1.165) is 54.6 Å². The first kappa shape index (κ1) is 29.6. The van der Waals surface area contributed by atoms with E-state index >= 15 is 0 Å². The molecule has 0 amide bonds. The average molecular weight is 622 g/mol. The third kappa shape index (κ3) is 5.76. The lowest BCUT2D eigenvalue weighted by Crippen LogP contribution is -1.94. The van der Waals surface area contributed by atoms with E-state index in [1.54, 1.807) is 0 Å². The van der Waals surface area contributed by atoms with Crippen LogP contribution >= 0.6 is 0 Å². The maximum Gasteiger partial charge on any atom is 0.211 e. The van der Waals surface area contributed by atoms with Crippen molar-refractivity contribution in [3.8, 4) is 115 Å². The third-order valence-electron chi connectivity index (χ3n) is 6.12. The lowest BCUT2D eigenvalue weighted by Gasteiger charge is -2.18. The zero-order valence-corrected chi connectivity index (χ0v) is 22.4. The molecule has 15 heteroatoms. The first-order valence-corrected chi connectivity index (χ1v) is 12.4. The Balaban J connectivity index is 1.50. The van der Waals surface area contributed by atoms with Gasteiger partial charge in [0.05, 0.1) is 11.1 Å². The first-order chi connectivity index (χ1) is 21.2. The summed E-state index contributed by atoms with van der Waals surface area (Å²) < 4.78 is 16.5. The Kier molecular flexibility index (Phi) is 7.28. The van der Waals surface area contributed by atoms with E-state index in [0.29, 0.717) is 6.07 Å². The lowest BCUT2D eigenvalue weighted by molar-refractivity contribution is 0.340. The van der Waals surface area contributed by atoms with Gasteiger partial charge in [0, 0.05) is 60.7 Å². The van der Waals surface area contributed by atoms with Crippen molar-refractivity contribution in [1.82, 2.24) is 0 Å². The highest BCUT2D eigenvalue weighted by Crippen LogP contribution is 2.55. The zero-order valence-electron chi connectivity index (χ0n) is 22.4. The topological polar surface area (TPSA) is 270 Å². The maximum absolute atomic E-state index is 10.8. The molecule has 5 aromatic carbocycles. The predicted molar refractivity (Wildman–Crippen MR) is 151 cm³/mol. The van der Waals surface area contributed by atoms with Crippen LogP contribution in [0.1, 0.15) is 0 Å². The minimum Gasteiger partial charge on any atom is -0.508 e. The molecule has 0 spiro atoms. The van der Waals surface area contributed by atoms with Gasteiger partial charge in [-0.2, -0.15) is 0 Å². The summed E-state index contributed by atoms with van der Waals surface area (Å²) in [7, 11) is 0. The van der Waals surface area contributed by atoms with Crippen LogP contribution in [0.25, 0.3) is 11.1 Å². The standard InChI is InChI=1S/C30H22O15/c31-11-1-12(32)3-15(2-11)43-29-20(38)6-14(34)7-24(29)45-28-21(39)8-16(9-22(28)40)44-30-23(41)10-19(37)26(27(30)42)25-17(35)4-13(33)5-18(25)36/h1-10,31-42H. The highest BCUT2D eigenvalue weighted by atomic mass is 16.5. The van der Waals surface area contributed by atoms with Gasteiger partial charge in [-0.05, 0) is 0 Å². The van der Waals surface area contributed by atoms with Crippen molar-refractivity contribution in [2.45, 2.75) is 0 Å².